The molecule has 0 radical (unpaired) electrons. The van der Waals surface area contributed by atoms with Gasteiger partial charge in [-0.1, -0.05) is 45.7 Å². The highest BCUT2D eigenvalue weighted by Crippen LogP contribution is 2.34. The van der Waals surface area contributed by atoms with E-state index in [-0.39, 0.29) is 4.83 Å². The molecular weight excluding hydrogens is 438 g/mol. The summed E-state index contributed by atoms with van der Waals surface area (Å²) >= 11 is 12.1. The highest BCUT2D eigenvalue weighted by molar-refractivity contribution is 14.1. The number of hydrogen-bond donors (Lipinski definition) is 0. The Morgan fingerprint density at radius 3 is 2.37 bits per heavy atom. The van der Waals surface area contributed by atoms with E-state index in [4.69, 9.17) is 16.3 Å². The van der Waals surface area contributed by atoms with Crippen LogP contribution < -0.4 is 4.74 Å². The van der Waals surface area contributed by atoms with E-state index in [0.717, 1.165) is 19.9 Å². The van der Waals surface area contributed by atoms with Gasteiger partial charge in [0.05, 0.1) is 16.5 Å². The van der Waals surface area contributed by atoms with Crippen LogP contribution in [0.4, 0.5) is 0 Å². The van der Waals surface area contributed by atoms with Gasteiger partial charge in [0.2, 0.25) is 0 Å². The second-order valence-electron chi connectivity index (χ2n) is 4.04. The molecule has 0 heterocycles. The zero-order valence-corrected chi connectivity index (χ0v) is 14.9. The number of ether oxygens (including phenoxy) is 1. The van der Waals surface area contributed by atoms with Gasteiger partial charge in [-0.2, -0.15) is 0 Å². The van der Waals surface area contributed by atoms with Crippen molar-refractivity contribution in [2.75, 3.05) is 6.61 Å². The van der Waals surface area contributed by atoms with Crippen molar-refractivity contribution in [2.24, 2.45) is 0 Å². The molecule has 0 aliphatic carbocycles. The maximum absolute atomic E-state index is 6.16. The largest absolute Gasteiger partial charge is 0.494 e. The fourth-order valence-electron chi connectivity index (χ4n) is 1.76. The number of rotatable bonds is 4. The van der Waals surface area contributed by atoms with Gasteiger partial charge in [0.25, 0.3) is 0 Å². The van der Waals surface area contributed by atoms with Crippen LogP contribution in [-0.2, 0) is 0 Å². The highest BCUT2D eigenvalue weighted by Gasteiger charge is 2.11. The summed E-state index contributed by atoms with van der Waals surface area (Å²) in [6.45, 7) is 2.67. The zero-order chi connectivity index (χ0) is 13.8. The van der Waals surface area contributed by atoms with Crippen LogP contribution in [0.5, 0.6) is 5.75 Å². The lowest BCUT2D eigenvalue weighted by molar-refractivity contribution is 0.340. The van der Waals surface area contributed by atoms with Crippen molar-refractivity contribution in [2.45, 2.75) is 11.8 Å². The average Bonchev–Trinajstić information content (AvgIpc) is 2.42. The first-order chi connectivity index (χ1) is 9.11. The molecule has 0 aliphatic rings. The normalized spacial score (nSPS) is 12.2. The first-order valence-electron chi connectivity index (χ1n) is 5.93. The van der Waals surface area contributed by atoms with Gasteiger partial charge in [-0.25, -0.2) is 0 Å². The molecule has 0 bridgehead atoms. The van der Waals surface area contributed by atoms with Gasteiger partial charge in [0.15, 0.2) is 0 Å². The molecule has 0 saturated carbocycles. The number of halogens is 3. The summed E-state index contributed by atoms with van der Waals surface area (Å²) in [6, 6.07) is 14.2. The monoisotopic (exact) mass is 450 g/mol. The van der Waals surface area contributed by atoms with Crippen molar-refractivity contribution in [1.29, 1.82) is 0 Å². The molecule has 1 unspecified atom stereocenters. The lowest BCUT2D eigenvalue weighted by Crippen LogP contribution is -1.95. The van der Waals surface area contributed by atoms with Crippen LogP contribution in [0.2, 0.25) is 5.02 Å². The molecule has 0 N–H and O–H groups in total. The van der Waals surface area contributed by atoms with Crippen LogP contribution in [-0.4, -0.2) is 6.61 Å². The molecule has 0 fully saturated rings. The van der Waals surface area contributed by atoms with Gasteiger partial charge in [0, 0.05) is 3.57 Å². The third-order valence-electron chi connectivity index (χ3n) is 2.72. The van der Waals surface area contributed by atoms with Crippen LogP contribution in [0.25, 0.3) is 0 Å². The van der Waals surface area contributed by atoms with E-state index in [1.54, 1.807) is 0 Å². The zero-order valence-electron chi connectivity index (χ0n) is 10.4. The molecule has 1 nitrogen and oxygen atoms in total. The summed E-state index contributed by atoms with van der Waals surface area (Å²) in [7, 11) is 0. The van der Waals surface area contributed by atoms with E-state index in [9.17, 15) is 0 Å². The Labute approximate surface area is 140 Å². The van der Waals surface area contributed by atoms with Crippen LogP contribution >= 0.6 is 50.1 Å². The summed E-state index contributed by atoms with van der Waals surface area (Å²) in [5.41, 5.74) is 2.33. The quantitative estimate of drug-likeness (QED) is 0.420. The Hall–Kier alpha value is -0.260. The Bertz CT molecular complexity index is 557. The predicted molar refractivity (Wildman–Crippen MR) is 92.6 cm³/mol. The molecule has 4 heteroatoms. The Kier molecular flexibility index (Phi) is 5.54. The van der Waals surface area contributed by atoms with Crippen LogP contribution in [0.3, 0.4) is 0 Å². The molecule has 0 saturated heterocycles. The third kappa shape index (κ3) is 3.86. The van der Waals surface area contributed by atoms with E-state index in [1.165, 1.54) is 5.56 Å². The fourth-order valence-corrected chi connectivity index (χ4v) is 2.88. The van der Waals surface area contributed by atoms with Crippen LogP contribution in [0.15, 0.2) is 42.5 Å². The second kappa shape index (κ2) is 6.95. The molecule has 1 atom stereocenters. The molecular formula is C15H13BrClIO. The van der Waals surface area contributed by atoms with Crippen molar-refractivity contribution in [3.05, 3.63) is 62.2 Å². The van der Waals surface area contributed by atoms with Crippen molar-refractivity contribution in [3.8, 4) is 5.75 Å². The van der Waals surface area contributed by atoms with Gasteiger partial charge in [-0.05, 0) is 64.9 Å². The van der Waals surface area contributed by atoms with Crippen molar-refractivity contribution >= 4 is 50.1 Å². The topological polar surface area (TPSA) is 9.23 Å². The highest BCUT2D eigenvalue weighted by atomic mass is 127. The SMILES string of the molecule is CCOc1ccc(C(Br)c2ccc(I)c(Cl)c2)cc1. The van der Waals surface area contributed by atoms with Crippen molar-refractivity contribution < 1.29 is 4.74 Å². The molecule has 2 rings (SSSR count). The number of benzene rings is 2. The van der Waals surface area contributed by atoms with Gasteiger partial charge >= 0.3 is 0 Å². The summed E-state index contributed by atoms with van der Waals surface area (Å²) in [4.78, 5) is 0.137. The lowest BCUT2D eigenvalue weighted by Gasteiger charge is -2.12. The average molecular weight is 452 g/mol. The Morgan fingerprint density at radius 1 is 1.16 bits per heavy atom. The minimum Gasteiger partial charge on any atom is -0.494 e. The lowest BCUT2D eigenvalue weighted by atomic mass is 10.0. The smallest absolute Gasteiger partial charge is 0.119 e. The first-order valence-corrected chi connectivity index (χ1v) is 8.31. The minimum atomic E-state index is 0.137. The molecule has 0 amide bonds. The Morgan fingerprint density at radius 2 is 1.79 bits per heavy atom. The predicted octanol–water partition coefficient (Wildman–Crippen LogP) is 5.83. The van der Waals surface area contributed by atoms with E-state index in [0.29, 0.717) is 6.61 Å². The summed E-state index contributed by atoms with van der Waals surface area (Å²) in [5.74, 6) is 0.895. The summed E-state index contributed by atoms with van der Waals surface area (Å²) < 4.78 is 6.51. The molecule has 0 aliphatic heterocycles. The van der Waals surface area contributed by atoms with Gasteiger partial charge < -0.3 is 4.74 Å². The van der Waals surface area contributed by atoms with Crippen molar-refractivity contribution in [3.63, 3.8) is 0 Å². The van der Waals surface area contributed by atoms with E-state index < -0.39 is 0 Å². The maximum Gasteiger partial charge on any atom is 0.119 e. The summed E-state index contributed by atoms with van der Waals surface area (Å²) in [5, 5.41) is 0.786. The molecule has 19 heavy (non-hydrogen) atoms. The van der Waals surface area contributed by atoms with Crippen LogP contribution in [0.1, 0.15) is 22.9 Å². The van der Waals surface area contributed by atoms with Crippen molar-refractivity contribution in [1.82, 2.24) is 0 Å². The van der Waals surface area contributed by atoms with Gasteiger partial charge in [-0.3, -0.25) is 0 Å². The van der Waals surface area contributed by atoms with E-state index >= 15 is 0 Å². The maximum atomic E-state index is 6.16. The molecule has 100 valence electrons. The first kappa shape index (κ1) is 15.1. The number of alkyl halides is 1. The molecule has 2 aromatic carbocycles. The number of hydrogen-bond acceptors (Lipinski definition) is 1. The summed E-state index contributed by atoms with van der Waals surface area (Å²) in [6.07, 6.45) is 0. The fraction of sp³-hybridized carbons (Fsp3) is 0.200. The van der Waals surface area contributed by atoms with Gasteiger partial charge in [0.1, 0.15) is 5.75 Å². The third-order valence-corrected chi connectivity index (χ3v) is 5.35. The minimum absolute atomic E-state index is 0.137. The van der Waals surface area contributed by atoms with Crippen LogP contribution in [0, 0.1) is 3.57 Å². The molecule has 0 spiro atoms. The second-order valence-corrected chi connectivity index (χ2v) is 6.52. The van der Waals surface area contributed by atoms with E-state index in [2.05, 4.69) is 56.7 Å². The van der Waals surface area contributed by atoms with Gasteiger partial charge in [-0.15, -0.1) is 0 Å². The standard InChI is InChI=1S/C15H13BrClIO/c1-2-19-12-6-3-10(4-7-12)15(16)11-5-8-14(18)13(17)9-11/h3-9,15H,2H2,1H3. The molecule has 0 aromatic heterocycles. The van der Waals surface area contributed by atoms with E-state index in [1.807, 2.05) is 31.2 Å². The molecule has 2 aromatic rings. The Balaban J connectivity index is 2.22.